The Balaban J connectivity index is 1.36. The van der Waals surface area contributed by atoms with Crippen molar-refractivity contribution in [1.29, 1.82) is 0 Å². The summed E-state index contributed by atoms with van der Waals surface area (Å²) in [6.45, 7) is 2.48. The summed E-state index contributed by atoms with van der Waals surface area (Å²) in [6.07, 6.45) is 1.43. The molecule has 2 aromatic heterocycles. The number of carbonyl (C=O) groups is 2. The van der Waals surface area contributed by atoms with E-state index < -0.39 is 18.4 Å². The molecule has 10 nitrogen and oxygen atoms in total. The van der Waals surface area contributed by atoms with Gasteiger partial charge in [0.2, 0.25) is 0 Å². The topological polar surface area (TPSA) is 134 Å². The number of thiazole rings is 1. The molecular weight excluding hydrogens is 460 g/mol. The Bertz CT molecular complexity index is 1400. The molecule has 1 amide bonds. The Hall–Kier alpha value is -3.96. The van der Waals surface area contributed by atoms with Crippen LogP contribution in [0.4, 0.5) is 5.13 Å². The Kier molecular flexibility index (Phi) is 5.86. The van der Waals surface area contributed by atoms with Gasteiger partial charge >= 0.3 is 5.97 Å². The van der Waals surface area contributed by atoms with Crippen LogP contribution in [0.15, 0.2) is 42.6 Å². The smallest absolute Gasteiger partial charge is 0.322 e. The van der Waals surface area contributed by atoms with E-state index in [0.29, 0.717) is 35.5 Å². The lowest BCUT2D eigenvalue weighted by Gasteiger charge is -2.25. The molecule has 2 aromatic carbocycles. The second kappa shape index (κ2) is 9.12. The maximum absolute atomic E-state index is 12.1. The molecule has 174 valence electrons. The van der Waals surface area contributed by atoms with Crippen LogP contribution in [0, 0.1) is 0 Å². The van der Waals surface area contributed by atoms with E-state index >= 15 is 0 Å². The van der Waals surface area contributed by atoms with Gasteiger partial charge in [-0.2, -0.15) is 0 Å². The van der Waals surface area contributed by atoms with Crippen LogP contribution in [-0.2, 0) is 9.53 Å². The van der Waals surface area contributed by atoms with Gasteiger partial charge in [-0.05, 0) is 30.3 Å². The van der Waals surface area contributed by atoms with Gasteiger partial charge in [-0.3, -0.25) is 9.59 Å². The molecule has 0 saturated carbocycles. The first-order valence-electron chi connectivity index (χ1n) is 10.5. The number of carbonyl (C=O) groups excluding carboxylic acids is 1. The number of morpholine rings is 1. The first kappa shape index (κ1) is 21.9. The molecule has 11 heteroatoms. The number of nitrogens with zero attached hydrogens (tertiary/aromatic N) is 3. The van der Waals surface area contributed by atoms with Gasteiger partial charge < -0.3 is 29.9 Å². The average molecular weight is 481 g/mol. The van der Waals surface area contributed by atoms with Crippen LogP contribution in [0.25, 0.3) is 21.0 Å². The molecule has 0 unspecified atom stereocenters. The summed E-state index contributed by atoms with van der Waals surface area (Å²) >= 11 is 1.60. The summed E-state index contributed by atoms with van der Waals surface area (Å²) in [5.74, 6) is -1.10. The first-order valence-corrected chi connectivity index (χ1v) is 11.3. The molecule has 0 spiro atoms. The third kappa shape index (κ3) is 4.43. The highest BCUT2D eigenvalue weighted by atomic mass is 32.1. The molecular formula is C23H20N4O6S. The number of pyridine rings is 1. The molecule has 0 bridgehead atoms. The molecule has 1 saturated heterocycles. The van der Waals surface area contributed by atoms with E-state index in [-0.39, 0.29) is 11.4 Å². The number of carboxylic acids is 1. The van der Waals surface area contributed by atoms with Crippen molar-refractivity contribution >= 4 is 49.3 Å². The number of nitrogens with one attached hydrogen (secondary N) is 1. The molecule has 1 aliphatic rings. The molecule has 34 heavy (non-hydrogen) atoms. The molecule has 4 aromatic rings. The van der Waals surface area contributed by atoms with Crippen LogP contribution in [0.1, 0.15) is 10.5 Å². The Morgan fingerprint density at radius 1 is 1.15 bits per heavy atom. The van der Waals surface area contributed by atoms with Gasteiger partial charge in [0.05, 0.1) is 23.4 Å². The summed E-state index contributed by atoms with van der Waals surface area (Å²) in [5.41, 5.74) is 0.661. The van der Waals surface area contributed by atoms with Crippen LogP contribution >= 0.6 is 11.3 Å². The number of aliphatic carboxylic acids is 1. The van der Waals surface area contributed by atoms with Crippen LogP contribution < -0.4 is 15.0 Å². The number of amides is 1. The van der Waals surface area contributed by atoms with Crippen molar-refractivity contribution in [2.45, 2.75) is 0 Å². The van der Waals surface area contributed by atoms with Gasteiger partial charge in [0.1, 0.15) is 18.0 Å². The van der Waals surface area contributed by atoms with Crippen molar-refractivity contribution in [2.24, 2.45) is 0 Å². The highest BCUT2D eigenvalue weighted by Gasteiger charge is 2.18. The zero-order chi connectivity index (χ0) is 23.7. The van der Waals surface area contributed by atoms with E-state index in [0.717, 1.165) is 28.4 Å². The van der Waals surface area contributed by atoms with E-state index in [9.17, 15) is 14.7 Å². The van der Waals surface area contributed by atoms with Gasteiger partial charge in [0.15, 0.2) is 16.6 Å². The minimum atomic E-state index is -1.19. The van der Waals surface area contributed by atoms with Gasteiger partial charge in [-0.25, -0.2) is 9.97 Å². The number of hydrogen-bond donors (Lipinski definition) is 3. The lowest BCUT2D eigenvalue weighted by atomic mass is 10.1. The van der Waals surface area contributed by atoms with Gasteiger partial charge in [0, 0.05) is 36.1 Å². The number of hydrogen-bond acceptors (Lipinski definition) is 9. The third-order valence-corrected chi connectivity index (χ3v) is 6.40. The first-order chi connectivity index (χ1) is 16.5. The fraction of sp³-hybridized carbons (Fsp3) is 0.217. The van der Waals surface area contributed by atoms with Crippen LogP contribution in [-0.4, -0.2) is 64.9 Å². The Morgan fingerprint density at radius 2 is 1.91 bits per heavy atom. The number of carboxylic acid groups (broad SMARTS) is 1. The van der Waals surface area contributed by atoms with E-state index in [4.69, 9.17) is 19.6 Å². The zero-order valence-corrected chi connectivity index (χ0v) is 18.7. The fourth-order valence-electron chi connectivity index (χ4n) is 3.64. The predicted octanol–water partition coefficient (Wildman–Crippen LogP) is 2.99. The number of anilines is 1. The lowest BCUT2D eigenvalue weighted by Crippen LogP contribution is -2.36. The van der Waals surface area contributed by atoms with Gasteiger partial charge in [-0.1, -0.05) is 11.3 Å². The summed E-state index contributed by atoms with van der Waals surface area (Å²) < 4.78 is 12.4. The average Bonchev–Trinajstić information content (AvgIpc) is 3.27. The predicted molar refractivity (Wildman–Crippen MR) is 126 cm³/mol. The van der Waals surface area contributed by atoms with Crippen molar-refractivity contribution in [1.82, 2.24) is 15.3 Å². The third-order valence-electron chi connectivity index (χ3n) is 5.32. The van der Waals surface area contributed by atoms with Crippen molar-refractivity contribution < 1.29 is 29.3 Å². The van der Waals surface area contributed by atoms with Crippen molar-refractivity contribution in [2.75, 3.05) is 37.7 Å². The Morgan fingerprint density at radius 3 is 2.71 bits per heavy atom. The second-order valence-corrected chi connectivity index (χ2v) is 8.62. The van der Waals surface area contributed by atoms with E-state index in [1.807, 2.05) is 18.2 Å². The number of aromatic nitrogens is 2. The van der Waals surface area contributed by atoms with Crippen molar-refractivity contribution in [3.63, 3.8) is 0 Å². The molecule has 0 radical (unpaired) electrons. The van der Waals surface area contributed by atoms with Crippen LogP contribution in [0.3, 0.4) is 0 Å². The van der Waals surface area contributed by atoms with Crippen molar-refractivity contribution in [3.05, 3.63) is 48.3 Å². The van der Waals surface area contributed by atoms with Crippen LogP contribution in [0.5, 0.6) is 17.2 Å². The van der Waals surface area contributed by atoms with Gasteiger partial charge in [-0.15, -0.1) is 0 Å². The maximum Gasteiger partial charge on any atom is 0.322 e. The highest BCUT2D eigenvalue weighted by molar-refractivity contribution is 7.22. The molecule has 1 aliphatic heterocycles. The quantitative estimate of drug-likeness (QED) is 0.381. The number of ether oxygens (including phenoxy) is 2. The fourth-order valence-corrected chi connectivity index (χ4v) is 4.68. The monoisotopic (exact) mass is 480 g/mol. The molecule has 3 heterocycles. The number of fused-ring (bicyclic) bond motifs is 2. The zero-order valence-electron chi connectivity index (χ0n) is 17.9. The largest absolute Gasteiger partial charge is 0.505 e. The summed E-state index contributed by atoms with van der Waals surface area (Å²) in [6, 6.07) is 10.7. The SMILES string of the molecule is O=C(O)CNC(=O)c1ncc2cc(Oc3ccc4nc(N5CCOCC5)sc4c3)ccc2c1O. The highest BCUT2D eigenvalue weighted by Crippen LogP contribution is 2.35. The van der Waals surface area contributed by atoms with Crippen molar-refractivity contribution in [3.8, 4) is 17.2 Å². The van der Waals surface area contributed by atoms with E-state index in [1.54, 1.807) is 29.5 Å². The molecule has 0 atom stereocenters. The number of rotatable bonds is 6. The molecule has 1 fully saturated rings. The summed E-state index contributed by atoms with van der Waals surface area (Å²) in [4.78, 5) is 33.7. The molecule has 3 N–H and O–H groups in total. The molecule has 0 aliphatic carbocycles. The minimum absolute atomic E-state index is 0.242. The maximum atomic E-state index is 12.1. The summed E-state index contributed by atoms with van der Waals surface area (Å²) in [5, 5.41) is 23.3. The summed E-state index contributed by atoms with van der Waals surface area (Å²) in [7, 11) is 0. The Labute approximate surface area is 197 Å². The van der Waals surface area contributed by atoms with E-state index in [2.05, 4.69) is 15.2 Å². The normalized spacial score (nSPS) is 13.8. The second-order valence-electron chi connectivity index (χ2n) is 7.61. The number of benzene rings is 2. The number of aromatic hydroxyl groups is 1. The lowest BCUT2D eigenvalue weighted by molar-refractivity contribution is -0.135. The van der Waals surface area contributed by atoms with Gasteiger partial charge in [0.25, 0.3) is 5.91 Å². The molecule has 5 rings (SSSR count). The van der Waals surface area contributed by atoms with Crippen LogP contribution in [0.2, 0.25) is 0 Å². The van der Waals surface area contributed by atoms with E-state index in [1.165, 1.54) is 6.20 Å². The standard InChI is InChI=1S/C23H20N4O6S/c28-19(29)12-25-22(31)20-21(30)16-3-1-14(9-13(16)11-24-20)33-15-2-4-17-18(10-15)34-23(26-17)27-5-7-32-8-6-27/h1-4,9-11,30H,5-8,12H2,(H,25,31)(H,28,29). The minimum Gasteiger partial charge on any atom is -0.505 e.